The van der Waals surface area contributed by atoms with Crippen molar-refractivity contribution < 1.29 is 22.7 Å². The first-order valence-corrected chi connectivity index (χ1v) is 9.00. The van der Waals surface area contributed by atoms with E-state index in [0.717, 1.165) is 26.8 Å². The highest BCUT2D eigenvalue weighted by Crippen LogP contribution is 2.29. The van der Waals surface area contributed by atoms with E-state index in [1.54, 1.807) is 31.2 Å². The van der Waals surface area contributed by atoms with Crippen LogP contribution in [0.4, 0.5) is 13.2 Å². The molecular formula is C19H11F3N2O3S. The van der Waals surface area contributed by atoms with Crippen molar-refractivity contribution in [1.82, 2.24) is 9.55 Å². The van der Waals surface area contributed by atoms with Crippen molar-refractivity contribution >= 4 is 38.4 Å². The van der Waals surface area contributed by atoms with E-state index >= 15 is 0 Å². The Morgan fingerprint density at radius 1 is 1.21 bits per heavy atom. The molecule has 0 aliphatic carbocycles. The van der Waals surface area contributed by atoms with Crippen molar-refractivity contribution in [3.8, 4) is 5.13 Å². The number of hydrogen-bond acceptors (Lipinski definition) is 5. The molecule has 0 saturated heterocycles. The number of hydrogen-bond donors (Lipinski definition) is 0. The monoisotopic (exact) mass is 404 g/mol. The summed E-state index contributed by atoms with van der Waals surface area (Å²) in [5, 5.41) is -0.303. The van der Waals surface area contributed by atoms with Crippen LogP contribution in [-0.4, -0.2) is 22.1 Å². The van der Waals surface area contributed by atoms with E-state index in [2.05, 4.69) is 4.98 Å². The van der Waals surface area contributed by atoms with Gasteiger partial charge in [0.1, 0.15) is 5.56 Å². The van der Waals surface area contributed by atoms with Crippen molar-refractivity contribution in [2.24, 2.45) is 0 Å². The highest BCUT2D eigenvalue weighted by molar-refractivity contribution is 7.20. The van der Waals surface area contributed by atoms with E-state index in [0.29, 0.717) is 11.6 Å². The minimum Gasteiger partial charge on any atom is -0.462 e. The molecule has 0 bridgehead atoms. The van der Waals surface area contributed by atoms with Crippen LogP contribution >= 0.6 is 11.3 Å². The van der Waals surface area contributed by atoms with Crippen LogP contribution in [0.5, 0.6) is 0 Å². The summed E-state index contributed by atoms with van der Waals surface area (Å²) in [7, 11) is 0. The van der Waals surface area contributed by atoms with Gasteiger partial charge in [0, 0.05) is 6.20 Å². The maximum absolute atomic E-state index is 14.6. The molecule has 0 fully saturated rings. The lowest BCUT2D eigenvalue weighted by Crippen LogP contribution is -2.21. The maximum Gasteiger partial charge on any atom is 0.343 e. The number of fused-ring (bicyclic) bond motifs is 2. The standard InChI is InChI=1S/C19H11F3N2O3S/c1-2-27-18(26)10-8-24(19-23-12-5-3-4-6-13(12)28-19)16-9(17(10)25)7-11(20)14(21)15(16)22/h3-8H,2H2,1H3. The molecule has 0 saturated carbocycles. The number of benzene rings is 2. The van der Waals surface area contributed by atoms with E-state index in [1.807, 2.05) is 0 Å². The zero-order valence-electron chi connectivity index (χ0n) is 14.3. The number of nitrogens with zero attached hydrogens (tertiary/aromatic N) is 2. The number of para-hydroxylation sites is 1. The maximum atomic E-state index is 14.6. The van der Waals surface area contributed by atoms with Crippen LogP contribution in [0.3, 0.4) is 0 Å². The summed E-state index contributed by atoms with van der Waals surface area (Å²) in [5.74, 6) is -5.74. The third kappa shape index (κ3) is 2.75. The van der Waals surface area contributed by atoms with Gasteiger partial charge in [-0.3, -0.25) is 9.36 Å². The number of aromatic nitrogens is 2. The molecule has 0 N–H and O–H groups in total. The Hall–Kier alpha value is -3.20. The summed E-state index contributed by atoms with van der Waals surface area (Å²) >= 11 is 1.14. The Balaban J connectivity index is 2.13. The first kappa shape index (κ1) is 18.2. The van der Waals surface area contributed by atoms with Crippen LogP contribution in [0.15, 0.2) is 41.3 Å². The molecule has 4 rings (SSSR count). The molecule has 0 aliphatic heterocycles. The number of carbonyl (C=O) groups is 1. The molecule has 0 amide bonds. The van der Waals surface area contributed by atoms with Gasteiger partial charge in [0.2, 0.25) is 5.43 Å². The van der Waals surface area contributed by atoms with E-state index in [-0.39, 0.29) is 11.7 Å². The quantitative estimate of drug-likeness (QED) is 0.379. The molecule has 0 aliphatic rings. The number of ether oxygens (including phenoxy) is 1. The van der Waals surface area contributed by atoms with Gasteiger partial charge in [0.25, 0.3) is 0 Å². The second-order valence-corrected chi connectivity index (χ2v) is 6.82. The highest BCUT2D eigenvalue weighted by atomic mass is 32.1. The van der Waals surface area contributed by atoms with Gasteiger partial charge in [-0.05, 0) is 25.1 Å². The van der Waals surface area contributed by atoms with Crippen molar-refractivity contribution in [2.45, 2.75) is 6.92 Å². The summed E-state index contributed by atoms with van der Waals surface area (Å²) in [6, 6.07) is 7.62. The van der Waals surface area contributed by atoms with Gasteiger partial charge in [-0.25, -0.2) is 22.9 Å². The number of carbonyl (C=O) groups excluding carboxylic acids is 1. The molecule has 28 heavy (non-hydrogen) atoms. The summed E-state index contributed by atoms with van der Waals surface area (Å²) < 4.78 is 49.0. The van der Waals surface area contributed by atoms with Crippen LogP contribution in [0, 0.1) is 17.5 Å². The van der Waals surface area contributed by atoms with Gasteiger partial charge < -0.3 is 4.74 Å². The van der Waals surface area contributed by atoms with Crippen LogP contribution < -0.4 is 5.43 Å². The first-order valence-electron chi connectivity index (χ1n) is 8.18. The SMILES string of the molecule is CCOC(=O)c1cn(-c2nc3ccccc3s2)c2c(F)c(F)c(F)cc2c1=O. The fourth-order valence-corrected chi connectivity index (χ4v) is 3.81. The van der Waals surface area contributed by atoms with Gasteiger partial charge in [0.05, 0.1) is 27.7 Å². The third-order valence-electron chi connectivity index (χ3n) is 4.11. The van der Waals surface area contributed by atoms with E-state index < -0.39 is 45.3 Å². The Morgan fingerprint density at radius 2 is 1.96 bits per heavy atom. The van der Waals surface area contributed by atoms with Crippen molar-refractivity contribution in [3.63, 3.8) is 0 Å². The zero-order valence-corrected chi connectivity index (χ0v) is 15.1. The Kier molecular flexibility index (Phi) is 4.38. The summed E-state index contributed by atoms with van der Waals surface area (Å²) in [6.45, 7) is 1.56. The number of pyridine rings is 1. The smallest absolute Gasteiger partial charge is 0.343 e. The summed E-state index contributed by atoms with van der Waals surface area (Å²) in [5.41, 5.74) is -1.30. The summed E-state index contributed by atoms with van der Waals surface area (Å²) in [4.78, 5) is 29.2. The topological polar surface area (TPSA) is 61.2 Å². The van der Waals surface area contributed by atoms with Crippen LogP contribution in [-0.2, 0) is 4.74 Å². The minimum atomic E-state index is -1.72. The van der Waals surface area contributed by atoms with Crippen molar-refractivity contribution in [2.75, 3.05) is 6.61 Å². The third-order valence-corrected chi connectivity index (χ3v) is 5.14. The predicted molar refractivity (Wildman–Crippen MR) is 98.6 cm³/mol. The average molecular weight is 404 g/mol. The fraction of sp³-hybridized carbons (Fsp3) is 0.105. The predicted octanol–water partition coefficient (Wildman–Crippen LogP) is 4.19. The molecule has 0 spiro atoms. The van der Waals surface area contributed by atoms with Crippen molar-refractivity contribution in [3.05, 3.63) is 69.8 Å². The molecule has 2 heterocycles. The molecule has 2 aromatic carbocycles. The lowest BCUT2D eigenvalue weighted by molar-refractivity contribution is 0.0524. The van der Waals surface area contributed by atoms with E-state index in [9.17, 15) is 22.8 Å². The second-order valence-electron chi connectivity index (χ2n) is 5.81. The van der Waals surface area contributed by atoms with Gasteiger partial charge in [-0.2, -0.15) is 0 Å². The Morgan fingerprint density at radius 3 is 2.68 bits per heavy atom. The zero-order chi connectivity index (χ0) is 20.0. The average Bonchev–Trinajstić information content (AvgIpc) is 3.11. The normalized spacial score (nSPS) is 11.3. The molecule has 0 atom stereocenters. The lowest BCUT2D eigenvalue weighted by Gasteiger charge is -2.12. The van der Waals surface area contributed by atoms with E-state index in [4.69, 9.17) is 4.74 Å². The van der Waals surface area contributed by atoms with E-state index in [1.165, 1.54) is 0 Å². The summed E-state index contributed by atoms with van der Waals surface area (Å²) in [6.07, 6.45) is 1.04. The molecule has 4 aromatic rings. The second kappa shape index (κ2) is 6.75. The van der Waals surface area contributed by atoms with Gasteiger partial charge in [-0.1, -0.05) is 23.5 Å². The van der Waals surface area contributed by atoms with Crippen LogP contribution in [0.2, 0.25) is 0 Å². The number of halogens is 3. The molecule has 142 valence electrons. The number of rotatable bonds is 3. The first-order chi connectivity index (χ1) is 13.4. The molecule has 5 nitrogen and oxygen atoms in total. The largest absolute Gasteiger partial charge is 0.462 e. The van der Waals surface area contributed by atoms with Gasteiger partial charge >= 0.3 is 5.97 Å². The van der Waals surface area contributed by atoms with Crippen LogP contribution in [0.1, 0.15) is 17.3 Å². The Labute approximate surface area is 159 Å². The number of esters is 1. The van der Waals surface area contributed by atoms with Crippen molar-refractivity contribution in [1.29, 1.82) is 0 Å². The molecular weight excluding hydrogens is 393 g/mol. The molecule has 0 radical (unpaired) electrons. The minimum absolute atomic E-state index is 0.00356. The molecule has 2 aromatic heterocycles. The van der Waals surface area contributed by atoms with Gasteiger partial charge in [0.15, 0.2) is 22.6 Å². The van der Waals surface area contributed by atoms with Gasteiger partial charge in [-0.15, -0.1) is 0 Å². The highest BCUT2D eigenvalue weighted by Gasteiger charge is 2.24. The molecule has 9 heteroatoms. The van der Waals surface area contributed by atoms with Crippen LogP contribution in [0.25, 0.3) is 26.3 Å². The fourth-order valence-electron chi connectivity index (χ4n) is 2.86. The molecule has 0 unspecified atom stereocenters. The number of thiazole rings is 1. The lowest BCUT2D eigenvalue weighted by atomic mass is 10.1. The Bertz CT molecular complexity index is 1280.